The van der Waals surface area contributed by atoms with Crippen LogP contribution in [0.3, 0.4) is 0 Å². The molecule has 1 heterocycles. The minimum absolute atomic E-state index is 0.105. The molecular formula is C21H22ClNO3. The first kappa shape index (κ1) is 18.3. The Morgan fingerprint density at radius 3 is 2.92 bits per heavy atom. The second-order valence-corrected chi connectivity index (χ2v) is 6.60. The lowest BCUT2D eigenvalue weighted by atomic mass is 10.0. The lowest BCUT2D eigenvalue weighted by Gasteiger charge is -2.20. The monoisotopic (exact) mass is 371 g/mol. The van der Waals surface area contributed by atoms with Crippen LogP contribution >= 0.6 is 11.6 Å². The summed E-state index contributed by atoms with van der Waals surface area (Å²) in [6.45, 7) is 5.18. The van der Waals surface area contributed by atoms with Crippen LogP contribution in [0.15, 0.2) is 49.1 Å². The maximum absolute atomic E-state index is 12.4. The Balaban J connectivity index is 1.97. The standard InChI is InChI=1S/C21H22ClNO3/c1-3-4-8-20(24)23-9-10-26-21-17(14-23)11-16(13-19(21)25-2)15-6-5-7-18(22)12-15/h3,5-7,11-13H,1,4,8-10,14H2,2H3. The van der Waals surface area contributed by atoms with Gasteiger partial charge in [-0.3, -0.25) is 4.79 Å². The predicted octanol–water partition coefficient (Wildman–Crippen LogP) is 4.70. The summed E-state index contributed by atoms with van der Waals surface area (Å²) in [5, 5.41) is 0.675. The zero-order chi connectivity index (χ0) is 18.5. The fraction of sp³-hybridized carbons (Fsp3) is 0.286. The molecule has 136 valence electrons. The van der Waals surface area contributed by atoms with Crippen LogP contribution < -0.4 is 9.47 Å². The minimum Gasteiger partial charge on any atom is -0.493 e. The summed E-state index contributed by atoms with van der Waals surface area (Å²) < 4.78 is 11.5. The SMILES string of the molecule is C=CCCC(=O)N1CCOc2c(cc(-c3cccc(Cl)c3)cc2OC)C1. The number of amides is 1. The number of ether oxygens (including phenoxy) is 2. The second kappa shape index (κ2) is 8.28. The predicted molar refractivity (Wildman–Crippen MR) is 104 cm³/mol. The van der Waals surface area contributed by atoms with Gasteiger partial charge < -0.3 is 14.4 Å². The third-order valence-electron chi connectivity index (χ3n) is 4.39. The van der Waals surface area contributed by atoms with E-state index in [1.807, 2.05) is 41.3 Å². The summed E-state index contributed by atoms with van der Waals surface area (Å²) in [5.74, 6) is 1.48. The molecule has 0 unspecified atom stereocenters. The van der Waals surface area contributed by atoms with E-state index in [2.05, 4.69) is 6.58 Å². The molecule has 0 bridgehead atoms. The van der Waals surface area contributed by atoms with E-state index < -0.39 is 0 Å². The summed E-state index contributed by atoms with van der Waals surface area (Å²) in [6, 6.07) is 11.7. The maximum Gasteiger partial charge on any atom is 0.223 e. The van der Waals surface area contributed by atoms with E-state index in [4.69, 9.17) is 21.1 Å². The summed E-state index contributed by atoms with van der Waals surface area (Å²) >= 11 is 6.13. The molecule has 0 saturated carbocycles. The van der Waals surface area contributed by atoms with Crippen LogP contribution in [0.1, 0.15) is 18.4 Å². The molecule has 0 aromatic heterocycles. The third kappa shape index (κ3) is 4.02. The first-order valence-electron chi connectivity index (χ1n) is 8.60. The Morgan fingerprint density at radius 1 is 1.35 bits per heavy atom. The molecule has 2 aromatic rings. The van der Waals surface area contributed by atoms with E-state index >= 15 is 0 Å². The van der Waals surface area contributed by atoms with Gasteiger partial charge in [0.2, 0.25) is 5.91 Å². The van der Waals surface area contributed by atoms with Crippen molar-refractivity contribution in [3.8, 4) is 22.6 Å². The first-order chi connectivity index (χ1) is 12.6. The van der Waals surface area contributed by atoms with Crippen LogP contribution in [0, 0.1) is 0 Å². The Bertz CT molecular complexity index is 819. The number of methoxy groups -OCH3 is 1. The smallest absolute Gasteiger partial charge is 0.223 e. The number of carbonyl (C=O) groups excluding carboxylic acids is 1. The molecule has 0 atom stereocenters. The van der Waals surface area contributed by atoms with Crippen molar-refractivity contribution in [1.82, 2.24) is 4.90 Å². The van der Waals surface area contributed by atoms with Crippen molar-refractivity contribution in [3.05, 3.63) is 59.6 Å². The van der Waals surface area contributed by atoms with Crippen LogP contribution in [-0.4, -0.2) is 31.1 Å². The van der Waals surface area contributed by atoms with Crippen LogP contribution in [-0.2, 0) is 11.3 Å². The normalized spacial score (nSPS) is 13.4. The Hall–Kier alpha value is -2.46. The molecule has 0 radical (unpaired) electrons. The topological polar surface area (TPSA) is 38.8 Å². The number of halogens is 1. The molecule has 0 N–H and O–H groups in total. The third-order valence-corrected chi connectivity index (χ3v) is 4.63. The fourth-order valence-electron chi connectivity index (χ4n) is 3.07. The Labute approximate surface area is 159 Å². The maximum atomic E-state index is 12.4. The molecule has 2 aromatic carbocycles. The number of carbonyl (C=O) groups is 1. The van der Waals surface area contributed by atoms with Gasteiger partial charge in [0.05, 0.1) is 13.7 Å². The van der Waals surface area contributed by atoms with Crippen LogP contribution in [0.4, 0.5) is 0 Å². The quantitative estimate of drug-likeness (QED) is 0.715. The van der Waals surface area contributed by atoms with Gasteiger partial charge in [-0.1, -0.05) is 29.8 Å². The molecule has 0 fully saturated rings. The van der Waals surface area contributed by atoms with E-state index in [1.54, 1.807) is 13.2 Å². The molecule has 1 aliphatic heterocycles. The first-order valence-corrected chi connectivity index (χ1v) is 8.98. The minimum atomic E-state index is 0.105. The molecule has 26 heavy (non-hydrogen) atoms. The van der Waals surface area contributed by atoms with Crippen molar-refractivity contribution in [2.45, 2.75) is 19.4 Å². The number of hydrogen-bond acceptors (Lipinski definition) is 3. The van der Waals surface area contributed by atoms with Gasteiger partial charge in [-0.2, -0.15) is 0 Å². The van der Waals surface area contributed by atoms with Crippen molar-refractivity contribution >= 4 is 17.5 Å². The highest BCUT2D eigenvalue weighted by atomic mass is 35.5. The summed E-state index contributed by atoms with van der Waals surface area (Å²) in [7, 11) is 1.62. The van der Waals surface area contributed by atoms with Gasteiger partial charge in [0.1, 0.15) is 6.61 Å². The highest BCUT2D eigenvalue weighted by Gasteiger charge is 2.23. The number of allylic oxidation sites excluding steroid dienone is 1. The van der Waals surface area contributed by atoms with Crippen LogP contribution in [0.5, 0.6) is 11.5 Å². The van der Waals surface area contributed by atoms with Crippen molar-refractivity contribution in [3.63, 3.8) is 0 Å². The van der Waals surface area contributed by atoms with Gasteiger partial charge in [-0.25, -0.2) is 0 Å². The van der Waals surface area contributed by atoms with E-state index in [1.165, 1.54) is 0 Å². The summed E-state index contributed by atoms with van der Waals surface area (Å²) in [5.41, 5.74) is 2.91. The van der Waals surface area contributed by atoms with E-state index in [9.17, 15) is 4.79 Å². The van der Waals surface area contributed by atoms with Gasteiger partial charge in [0.15, 0.2) is 11.5 Å². The largest absolute Gasteiger partial charge is 0.493 e. The highest BCUT2D eigenvalue weighted by molar-refractivity contribution is 6.30. The van der Waals surface area contributed by atoms with Crippen molar-refractivity contribution in [2.75, 3.05) is 20.3 Å². The molecule has 3 rings (SSSR count). The van der Waals surface area contributed by atoms with Gasteiger partial charge in [-0.05, 0) is 41.8 Å². The Morgan fingerprint density at radius 2 is 2.19 bits per heavy atom. The second-order valence-electron chi connectivity index (χ2n) is 6.17. The number of nitrogens with zero attached hydrogens (tertiary/aromatic N) is 1. The van der Waals surface area contributed by atoms with Gasteiger partial charge >= 0.3 is 0 Å². The highest BCUT2D eigenvalue weighted by Crippen LogP contribution is 2.38. The molecule has 1 amide bonds. The summed E-state index contributed by atoms with van der Waals surface area (Å²) in [4.78, 5) is 14.3. The number of fused-ring (bicyclic) bond motifs is 1. The Kier molecular flexibility index (Phi) is 5.84. The zero-order valence-electron chi connectivity index (χ0n) is 14.8. The van der Waals surface area contributed by atoms with Crippen molar-refractivity contribution in [1.29, 1.82) is 0 Å². The van der Waals surface area contributed by atoms with Crippen LogP contribution in [0.25, 0.3) is 11.1 Å². The molecule has 0 aliphatic carbocycles. The molecule has 0 saturated heterocycles. The lowest BCUT2D eigenvalue weighted by Crippen LogP contribution is -2.32. The molecule has 0 spiro atoms. The van der Waals surface area contributed by atoms with E-state index in [0.717, 1.165) is 16.7 Å². The molecule has 1 aliphatic rings. The van der Waals surface area contributed by atoms with Crippen molar-refractivity contribution in [2.24, 2.45) is 0 Å². The average molecular weight is 372 g/mol. The fourth-order valence-corrected chi connectivity index (χ4v) is 3.26. The molecular weight excluding hydrogens is 350 g/mol. The van der Waals surface area contributed by atoms with Crippen molar-refractivity contribution < 1.29 is 14.3 Å². The van der Waals surface area contributed by atoms with Crippen LogP contribution in [0.2, 0.25) is 5.02 Å². The molecule has 5 heteroatoms. The van der Waals surface area contributed by atoms with E-state index in [0.29, 0.717) is 49.1 Å². The molecule has 4 nitrogen and oxygen atoms in total. The zero-order valence-corrected chi connectivity index (χ0v) is 15.6. The van der Waals surface area contributed by atoms with Gasteiger partial charge in [0.25, 0.3) is 0 Å². The van der Waals surface area contributed by atoms with E-state index in [-0.39, 0.29) is 5.91 Å². The van der Waals surface area contributed by atoms with Gasteiger partial charge in [0, 0.05) is 23.6 Å². The number of rotatable bonds is 5. The lowest BCUT2D eigenvalue weighted by molar-refractivity contribution is -0.131. The number of benzene rings is 2. The summed E-state index contributed by atoms with van der Waals surface area (Å²) in [6.07, 6.45) is 2.90. The average Bonchev–Trinajstić information content (AvgIpc) is 2.87. The van der Waals surface area contributed by atoms with Gasteiger partial charge in [-0.15, -0.1) is 6.58 Å². The number of hydrogen-bond donors (Lipinski definition) is 0.